The van der Waals surface area contributed by atoms with Gasteiger partial charge < -0.3 is 14.5 Å². The number of ether oxygens (including phenoxy) is 1. The number of carbonyl (C=O) groups is 2. The van der Waals surface area contributed by atoms with Crippen molar-refractivity contribution in [2.45, 2.75) is 18.9 Å². The van der Waals surface area contributed by atoms with Gasteiger partial charge in [-0.25, -0.2) is 4.79 Å². The number of halogens is 1. The van der Waals surface area contributed by atoms with E-state index in [4.69, 9.17) is 20.8 Å². The van der Waals surface area contributed by atoms with Crippen LogP contribution in [-0.2, 0) is 9.53 Å². The third kappa shape index (κ3) is 1.90. The van der Waals surface area contributed by atoms with Crippen LogP contribution in [0.2, 0.25) is 5.22 Å². The van der Waals surface area contributed by atoms with Crippen LogP contribution in [0.4, 0.5) is 0 Å². The van der Waals surface area contributed by atoms with E-state index in [9.17, 15) is 9.59 Å². The predicted molar refractivity (Wildman–Crippen MR) is 55.2 cm³/mol. The molecule has 0 spiro atoms. The number of amides is 1. The Balaban J connectivity index is 2.10. The summed E-state index contributed by atoms with van der Waals surface area (Å²) in [7, 11) is 0. The monoisotopic (exact) mass is 243 g/mol. The van der Waals surface area contributed by atoms with Gasteiger partial charge in [-0.1, -0.05) is 0 Å². The first-order valence-corrected chi connectivity index (χ1v) is 5.14. The Morgan fingerprint density at radius 3 is 2.81 bits per heavy atom. The van der Waals surface area contributed by atoms with Crippen molar-refractivity contribution in [2.24, 2.45) is 0 Å². The van der Waals surface area contributed by atoms with E-state index in [0.29, 0.717) is 13.0 Å². The van der Waals surface area contributed by atoms with Crippen molar-refractivity contribution in [3.05, 3.63) is 23.1 Å². The van der Waals surface area contributed by atoms with E-state index in [-0.39, 0.29) is 11.0 Å². The molecular formula is C10H10ClNO4. The lowest BCUT2D eigenvalue weighted by atomic mass is 10.0. The number of rotatable bonds is 2. The molecular weight excluding hydrogens is 234 g/mol. The number of carbonyl (C=O) groups excluding carboxylic acids is 2. The van der Waals surface area contributed by atoms with Crippen LogP contribution < -0.4 is 5.32 Å². The molecule has 6 heteroatoms. The van der Waals surface area contributed by atoms with Crippen molar-refractivity contribution in [3.8, 4) is 0 Å². The average Bonchev–Trinajstić information content (AvgIpc) is 2.76. The summed E-state index contributed by atoms with van der Waals surface area (Å²) >= 11 is 5.55. The van der Waals surface area contributed by atoms with Gasteiger partial charge >= 0.3 is 5.97 Å². The number of cyclic esters (lactones) is 1. The fourth-order valence-corrected chi connectivity index (χ4v) is 1.62. The summed E-state index contributed by atoms with van der Waals surface area (Å²) in [5, 5.41) is 2.70. The van der Waals surface area contributed by atoms with Gasteiger partial charge in [0.05, 0.1) is 6.61 Å². The standard InChI is InChI=1S/C10H10ClNO4/c1-10(4-5-15-9(10)14)12-8(13)6-2-3-7(11)16-6/h2-3H,4-5H2,1H3,(H,12,13). The number of furan rings is 1. The van der Waals surface area contributed by atoms with Crippen LogP contribution in [0.5, 0.6) is 0 Å². The van der Waals surface area contributed by atoms with E-state index in [2.05, 4.69) is 5.32 Å². The minimum absolute atomic E-state index is 0.0749. The highest BCUT2D eigenvalue weighted by atomic mass is 35.5. The van der Waals surface area contributed by atoms with Gasteiger partial charge in [0.2, 0.25) is 0 Å². The smallest absolute Gasteiger partial charge is 0.331 e. The molecule has 0 radical (unpaired) electrons. The summed E-state index contributed by atoms with van der Waals surface area (Å²) in [6.45, 7) is 1.93. The Hall–Kier alpha value is -1.49. The lowest BCUT2D eigenvalue weighted by Crippen LogP contribution is -2.49. The van der Waals surface area contributed by atoms with Crippen molar-refractivity contribution in [1.82, 2.24) is 5.32 Å². The SMILES string of the molecule is CC1(NC(=O)c2ccc(Cl)o2)CCOC1=O. The van der Waals surface area contributed by atoms with E-state index in [1.54, 1.807) is 6.92 Å². The molecule has 0 saturated carbocycles. The zero-order valence-electron chi connectivity index (χ0n) is 8.58. The van der Waals surface area contributed by atoms with E-state index >= 15 is 0 Å². The molecule has 0 aliphatic carbocycles. The van der Waals surface area contributed by atoms with Crippen molar-refractivity contribution >= 4 is 23.5 Å². The quantitative estimate of drug-likeness (QED) is 0.797. The van der Waals surface area contributed by atoms with Crippen molar-refractivity contribution < 1.29 is 18.7 Å². The summed E-state index contributed by atoms with van der Waals surface area (Å²) < 4.78 is 9.74. The van der Waals surface area contributed by atoms with Gasteiger partial charge in [-0.05, 0) is 30.7 Å². The third-order valence-electron chi connectivity index (χ3n) is 2.47. The van der Waals surface area contributed by atoms with Gasteiger partial charge in [0.15, 0.2) is 11.0 Å². The fraction of sp³-hybridized carbons (Fsp3) is 0.400. The second kappa shape index (κ2) is 3.83. The molecule has 1 fully saturated rings. The molecule has 86 valence electrons. The minimum Gasteiger partial charge on any atom is -0.464 e. The molecule has 1 aliphatic rings. The van der Waals surface area contributed by atoms with Gasteiger partial charge in [-0.15, -0.1) is 0 Å². The van der Waals surface area contributed by atoms with Gasteiger partial charge in [0.1, 0.15) is 5.54 Å². The van der Waals surface area contributed by atoms with E-state index in [1.165, 1.54) is 12.1 Å². The van der Waals surface area contributed by atoms with Crippen LogP contribution in [0.1, 0.15) is 23.9 Å². The number of hydrogen-bond donors (Lipinski definition) is 1. The summed E-state index contributed by atoms with van der Waals surface area (Å²) in [6.07, 6.45) is 0.450. The van der Waals surface area contributed by atoms with Crippen LogP contribution in [-0.4, -0.2) is 24.0 Å². The predicted octanol–water partition coefficient (Wildman–Crippen LogP) is 1.37. The topological polar surface area (TPSA) is 68.5 Å². The summed E-state index contributed by atoms with van der Waals surface area (Å²) in [5.74, 6) is -0.835. The number of hydrogen-bond acceptors (Lipinski definition) is 4. The van der Waals surface area contributed by atoms with Crippen LogP contribution >= 0.6 is 11.6 Å². The molecule has 1 aromatic heterocycles. The molecule has 2 heterocycles. The maximum Gasteiger partial charge on any atom is 0.331 e. The Labute approximate surface area is 96.7 Å². The summed E-state index contributed by atoms with van der Waals surface area (Å²) in [5.41, 5.74) is -0.976. The Morgan fingerprint density at radius 2 is 2.31 bits per heavy atom. The van der Waals surface area contributed by atoms with Gasteiger partial charge in [0, 0.05) is 6.42 Å². The van der Waals surface area contributed by atoms with Crippen LogP contribution in [0.25, 0.3) is 0 Å². The lowest BCUT2D eigenvalue weighted by molar-refractivity contribution is -0.142. The Morgan fingerprint density at radius 1 is 1.56 bits per heavy atom. The first-order chi connectivity index (χ1) is 7.51. The Bertz CT molecular complexity index is 442. The van der Waals surface area contributed by atoms with Crippen LogP contribution in [0.15, 0.2) is 16.5 Å². The molecule has 0 aromatic carbocycles. The zero-order valence-corrected chi connectivity index (χ0v) is 9.34. The zero-order chi connectivity index (χ0) is 11.8. The third-order valence-corrected chi connectivity index (χ3v) is 2.68. The lowest BCUT2D eigenvalue weighted by Gasteiger charge is -2.19. The molecule has 1 amide bonds. The highest BCUT2D eigenvalue weighted by Gasteiger charge is 2.41. The maximum atomic E-state index is 11.7. The maximum absolute atomic E-state index is 11.7. The van der Waals surface area contributed by atoms with Crippen molar-refractivity contribution in [1.29, 1.82) is 0 Å². The normalized spacial score (nSPS) is 24.2. The molecule has 1 aliphatic heterocycles. The molecule has 0 bridgehead atoms. The molecule has 1 unspecified atom stereocenters. The van der Waals surface area contributed by atoms with Gasteiger partial charge in [-0.3, -0.25) is 4.79 Å². The highest BCUT2D eigenvalue weighted by molar-refractivity contribution is 6.29. The van der Waals surface area contributed by atoms with E-state index < -0.39 is 17.4 Å². The molecule has 1 saturated heterocycles. The van der Waals surface area contributed by atoms with E-state index in [0.717, 1.165) is 0 Å². The Kier molecular flexibility index (Phi) is 2.63. The van der Waals surface area contributed by atoms with Crippen molar-refractivity contribution in [2.75, 3.05) is 6.61 Å². The molecule has 1 atom stereocenters. The second-order valence-electron chi connectivity index (χ2n) is 3.78. The van der Waals surface area contributed by atoms with Crippen LogP contribution in [0.3, 0.4) is 0 Å². The first-order valence-electron chi connectivity index (χ1n) is 4.76. The second-order valence-corrected chi connectivity index (χ2v) is 4.15. The minimum atomic E-state index is -0.976. The van der Waals surface area contributed by atoms with E-state index in [1.807, 2.05) is 0 Å². The number of esters is 1. The molecule has 2 rings (SSSR count). The summed E-state index contributed by atoms with van der Waals surface area (Å²) in [4.78, 5) is 23.1. The van der Waals surface area contributed by atoms with Gasteiger partial charge in [0.25, 0.3) is 5.91 Å². The molecule has 1 aromatic rings. The highest BCUT2D eigenvalue weighted by Crippen LogP contribution is 2.21. The fourth-order valence-electron chi connectivity index (χ4n) is 1.47. The van der Waals surface area contributed by atoms with Crippen LogP contribution in [0, 0.1) is 0 Å². The largest absolute Gasteiger partial charge is 0.464 e. The summed E-state index contributed by atoms with van der Waals surface area (Å²) in [6, 6.07) is 2.91. The average molecular weight is 244 g/mol. The molecule has 1 N–H and O–H groups in total. The number of nitrogens with one attached hydrogen (secondary N) is 1. The first kappa shape index (κ1) is 11.0. The molecule has 5 nitrogen and oxygen atoms in total. The van der Waals surface area contributed by atoms with Gasteiger partial charge in [-0.2, -0.15) is 0 Å². The van der Waals surface area contributed by atoms with Crippen molar-refractivity contribution in [3.63, 3.8) is 0 Å². The molecule has 16 heavy (non-hydrogen) atoms.